The van der Waals surface area contributed by atoms with Crippen molar-refractivity contribution in [2.75, 3.05) is 17.7 Å². The number of benzene rings is 1. The Morgan fingerprint density at radius 3 is 2.83 bits per heavy atom. The van der Waals surface area contributed by atoms with Crippen LogP contribution < -0.4 is 15.4 Å². The van der Waals surface area contributed by atoms with E-state index in [0.29, 0.717) is 34.0 Å². The molecule has 0 atom stereocenters. The van der Waals surface area contributed by atoms with Crippen molar-refractivity contribution >= 4 is 46.4 Å². The molecule has 0 saturated carbocycles. The summed E-state index contributed by atoms with van der Waals surface area (Å²) in [7, 11) is 1.52. The Kier molecular flexibility index (Phi) is 4.35. The summed E-state index contributed by atoms with van der Waals surface area (Å²) in [4.78, 5) is 27.3. The van der Waals surface area contributed by atoms with Crippen LogP contribution in [0.1, 0.15) is 10.6 Å². The summed E-state index contributed by atoms with van der Waals surface area (Å²) in [6.07, 6.45) is 1.89. The van der Waals surface area contributed by atoms with Crippen LogP contribution in [0.3, 0.4) is 0 Å². The monoisotopic (exact) mass is 345 g/mol. The van der Waals surface area contributed by atoms with Gasteiger partial charge in [0.15, 0.2) is 0 Å². The third-order valence-electron chi connectivity index (χ3n) is 3.28. The van der Waals surface area contributed by atoms with Gasteiger partial charge in [-0.2, -0.15) is 0 Å². The lowest BCUT2D eigenvalue weighted by atomic mass is 10.2. The Morgan fingerprint density at radius 2 is 2.17 bits per heavy atom. The standard InChI is InChI=1S/C16H12ClN3O4/c1-23-10-3-4-11-12(6-10)24-15(14(11)19-8-21)16(22)20-13-5-2-9(17)7-18-13/h2-8H,1H3,(H,19,21)(H,18,20,22). The molecule has 0 bridgehead atoms. The second-order valence-electron chi connectivity index (χ2n) is 4.75. The Hall–Kier alpha value is -3.06. The van der Waals surface area contributed by atoms with Gasteiger partial charge in [0.05, 0.1) is 12.1 Å². The van der Waals surface area contributed by atoms with Crippen molar-refractivity contribution in [2.45, 2.75) is 0 Å². The fourth-order valence-corrected chi connectivity index (χ4v) is 2.30. The van der Waals surface area contributed by atoms with Gasteiger partial charge in [0.25, 0.3) is 5.91 Å². The summed E-state index contributed by atoms with van der Waals surface area (Å²) in [5.41, 5.74) is 0.682. The van der Waals surface area contributed by atoms with Crippen LogP contribution in [-0.2, 0) is 4.79 Å². The van der Waals surface area contributed by atoms with Crippen molar-refractivity contribution in [1.82, 2.24) is 4.98 Å². The molecule has 0 aliphatic heterocycles. The average molecular weight is 346 g/mol. The van der Waals surface area contributed by atoms with E-state index in [0.717, 1.165) is 0 Å². The Bertz CT molecular complexity index is 906. The van der Waals surface area contributed by atoms with Crippen LogP contribution in [0.2, 0.25) is 5.02 Å². The molecule has 3 aromatic rings. The average Bonchev–Trinajstić information content (AvgIpc) is 2.95. The number of nitrogens with one attached hydrogen (secondary N) is 2. The van der Waals surface area contributed by atoms with Crippen LogP contribution in [-0.4, -0.2) is 24.4 Å². The molecule has 24 heavy (non-hydrogen) atoms. The van der Waals surface area contributed by atoms with E-state index in [-0.39, 0.29) is 11.4 Å². The molecule has 8 heteroatoms. The van der Waals surface area contributed by atoms with Crippen molar-refractivity contribution in [1.29, 1.82) is 0 Å². The molecule has 122 valence electrons. The number of halogens is 1. The van der Waals surface area contributed by atoms with Crippen LogP contribution in [0.4, 0.5) is 11.5 Å². The molecule has 0 radical (unpaired) electrons. The minimum absolute atomic E-state index is 0.0397. The van der Waals surface area contributed by atoms with Gasteiger partial charge in [-0.3, -0.25) is 9.59 Å². The summed E-state index contributed by atoms with van der Waals surface area (Å²) < 4.78 is 10.7. The fraction of sp³-hybridized carbons (Fsp3) is 0.0625. The molecule has 1 aromatic carbocycles. The quantitative estimate of drug-likeness (QED) is 0.692. The van der Waals surface area contributed by atoms with E-state index in [2.05, 4.69) is 15.6 Å². The number of methoxy groups -OCH3 is 1. The van der Waals surface area contributed by atoms with E-state index < -0.39 is 5.91 Å². The summed E-state index contributed by atoms with van der Waals surface area (Å²) in [5.74, 6) is 0.283. The number of hydrogen-bond acceptors (Lipinski definition) is 5. The van der Waals surface area contributed by atoms with E-state index in [9.17, 15) is 9.59 Å². The predicted molar refractivity (Wildman–Crippen MR) is 89.7 cm³/mol. The van der Waals surface area contributed by atoms with Crippen molar-refractivity contribution in [3.63, 3.8) is 0 Å². The molecule has 0 aliphatic carbocycles. The number of carbonyl (C=O) groups is 2. The molecule has 3 rings (SSSR count). The van der Waals surface area contributed by atoms with Crippen LogP contribution in [0.15, 0.2) is 40.9 Å². The minimum Gasteiger partial charge on any atom is -0.497 e. The maximum absolute atomic E-state index is 12.5. The lowest BCUT2D eigenvalue weighted by Gasteiger charge is -2.04. The van der Waals surface area contributed by atoms with Gasteiger partial charge in [0.1, 0.15) is 22.8 Å². The van der Waals surface area contributed by atoms with Crippen molar-refractivity contribution in [2.24, 2.45) is 0 Å². The Labute approximate surface area is 141 Å². The van der Waals surface area contributed by atoms with Gasteiger partial charge in [-0.1, -0.05) is 11.6 Å². The third kappa shape index (κ3) is 3.02. The van der Waals surface area contributed by atoms with E-state index >= 15 is 0 Å². The SMILES string of the molecule is COc1ccc2c(NC=O)c(C(=O)Nc3ccc(Cl)cn3)oc2c1. The molecule has 2 heterocycles. The topological polar surface area (TPSA) is 93.5 Å². The molecule has 2 amide bonds. The largest absolute Gasteiger partial charge is 0.497 e. The van der Waals surface area contributed by atoms with E-state index in [1.807, 2.05) is 0 Å². The number of anilines is 2. The van der Waals surface area contributed by atoms with E-state index in [4.69, 9.17) is 20.8 Å². The molecular weight excluding hydrogens is 334 g/mol. The normalized spacial score (nSPS) is 10.4. The highest BCUT2D eigenvalue weighted by Crippen LogP contribution is 2.33. The summed E-state index contributed by atoms with van der Waals surface area (Å²) in [6.45, 7) is 0. The second kappa shape index (κ2) is 6.59. The number of ether oxygens (including phenoxy) is 1. The summed E-state index contributed by atoms with van der Waals surface area (Å²) in [6, 6.07) is 8.18. The highest BCUT2D eigenvalue weighted by atomic mass is 35.5. The van der Waals surface area contributed by atoms with E-state index in [1.165, 1.54) is 13.3 Å². The number of fused-ring (bicyclic) bond motifs is 1. The second-order valence-corrected chi connectivity index (χ2v) is 5.18. The number of furan rings is 1. The number of carbonyl (C=O) groups excluding carboxylic acids is 2. The maximum atomic E-state index is 12.5. The molecule has 0 aliphatic rings. The lowest BCUT2D eigenvalue weighted by molar-refractivity contribution is -0.105. The van der Waals surface area contributed by atoms with Gasteiger partial charge in [0.2, 0.25) is 12.2 Å². The van der Waals surface area contributed by atoms with Gasteiger partial charge < -0.3 is 19.8 Å². The number of nitrogens with zero attached hydrogens (tertiary/aromatic N) is 1. The van der Waals surface area contributed by atoms with Crippen molar-refractivity contribution in [3.8, 4) is 5.75 Å². The molecule has 2 N–H and O–H groups in total. The third-order valence-corrected chi connectivity index (χ3v) is 3.50. The molecule has 0 spiro atoms. The van der Waals surface area contributed by atoms with Gasteiger partial charge in [-0.05, 0) is 24.3 Å². The zero-order chi connectivity index (χ0) is 17.1. The van der Waals surface area contributed by atoms with Gasteiger partial charge in [-0.25, -0.2) is 4.98 Å². The Morgan fingerprint density at radius 1 is 1.33 bits per heavy atom. The molecule has 0 fully saturated rings. The van der Waals surface area contributed by atoms with Gasteiger partial charge in [0, 0.05) is 17.6 Å². The first kappa shape index (κ1) is 15.8. The van der Waals surface area contributed by atoms with Crippen molar-refractivity contribution in [3.05, 3.63) is 47.3 Å². The summed E-state index contributed by atoms with van der Waals surface area (Å²) >= 11 is 5.76. The maximum Gasteiger partial charge on any atom is 0.294 e. The zero-order valence-corrected chi connectivity index (χ0v) is 13.3. The Balaban J connectivity index is 2.00. The summed E-state index contributed by atoms with van der Waals surface area (Å²) in [5, 5.41) is 6.11. The molecule has 2 aromatic heterocycles. The molecular formula is C16H12ClN3O4. The van der Waals surface area contributed by atoms with Crippen LogP contribution >= 0.6 is 11.6 Å². The number of amides is 2. The molecule has 7 nitrogen and oxygen atoms in total. The highest BCUT2D eigenvalue weighted by molar-refractivity contribution is 6.30. The number of pyridine rings is 1. The lowest BCUT2D eigenvalue weighted by Crippen LogP contribution is -2.14. The van der Waals surface area contributed by atoms with Gasteiger partial charge in [-0.15, -0.1) is 0 Å². The van der Waals surface area contributed by atoms with E-state index in [1.54, 1.807) is 30.3 Å². The van der Waals surface area contributed by atoms with Crippen LogP contribution in [0, 0.1) is 0 Å². The molecule has 0 unspecified atom stereocenters. The first-order chi connectivity index (χ1) is 11.6. The fourth-order valence-electron chi connectivity index (χ4n) is 2.19. The number of aromatic nitrogens is 1. The minimum atomic E-state index is -0.552. The molecule has 0 saturated heterocycles. The van der Waals surface area contributed by atoms with Crippen LogP contribution in [0.25, 0.3) is 11.0 Å². The van der Waals surface area contributed by atoms with Gasteiger partial charge >= 0.3 is 0 Å². The zero-order valence-electron chi connectivity index (χ0n) is 12.5. The first-order valence-corrected chi connectivity index (χ1v) is 7.24. The number of hydrogen-bond donors (Lipinski definition) is 2. The first-order valence-electron chi connectivity index (χ1n) is 6.86. The smallest absolute Gasteiger partial charge is 0.294 e. The van der Waals surface area contributed by atoms with Crippen LogP contribution in [0.5, 0.6) is 5.75 Å². The predicted octanol–water partition coefficient (Wildman–Crippen LogP) is 3.31. The highest BCUT2D eigenvalue weighted by Gasteiger charge is 2.21. The van der Waals surface area contributed by atoms with Crippen molar-refractivity contribution < 1.29 is 18.7 Å². The number of rotatable bonds is 5.